The van der Waals surface area contributed by atoms with Gasteiger partial charge in [-0.2, -0.15) is 0 Å². The zero-order valence-electron chi connectivity index (χ0n) is 8.22. The molecule has 1 rings (SSSR count). The minimum atomic E-state index is -0.432. The Morgan fingerprint density at radius 3 is 2.71 bits per heavy atom. The van der Waals surface area contributed by atoms with Crippen LogP contribution in [0.1, 0.15) is 25.5 Å². The van der Waals surface area contributed by atoms with Crippen LogP contribution in [0.3, 0.4) is 0 Å². The van der Waals surface area contributed by atoms with Crippen molar-refractivity contribution in [1.29, 1.82) is 0 Å². The number of hydrogen-bond donors (Lipinski definition) is 1. The Bertz CT molecular complexity index is 356. The molecular formula is C11H13ClFN. The van der Waals surface area contributed by atoms with E-state index in [1.807, 2.05) is 13.8 Å². The lowest BCUT2D eigenvalue weighted by atomic mass is 10.1. The number of rotatable bonds is 2. The molecule has 3 heteroatoms. The van der Waals surface area contributed by atoms with E-state index in [4.69, 9.17) is 17.3 Å². The van der Waals surface area contributed by atoms with Gasteiger partial charge in [0.05, 0.1) is 11.1 Å². The predicted molar refractivity (Wildman–Crippen MR) is 57.8 cm³/mol. The van der Waals surface area contributed by atoms with E-state index in [2.05, 4.69) is 0 Å². The fraction of sp³-hybridized carbons (Fsp3) is 0.273. The summed E-state index contributed by atoms with van der Waals surface area (Å²) < 4.78 is 13.5. The largest absolute Gasteiger partial charge is 0.321 e. The van der Waals surface area contributed by atoms with Crippen molar-refractivity contribution in [3.05, 3.63) is 46.3 Å². The first-order valence-electron chi connectivity index (χ1n) is 4.37. The maximum Gasteiger partial charge on any atom is 0.146 e. The highest BCUT2D eigenvalue weighted by molar-refractivity contribution is 6.30. The third-order valence-electron chi connectivity index (χ3n) is 1.85. The van der Waals surface area contributed by atoms with Crippen LogP contribution < -0.4 is 5.73 Å². The first-order chi connectivity index (χ1) is 6.52. The average molecular weight is 214 g/mol. The van der Waals surface area contributed by atoms with Gasteiger partial charge in [-0.15, -0.1) is 0 Å². The first kappa shape index (κ1) is 11.2. The van der Waals surface area contributed by atoms with Crippen molar-refractivity contribution in [2.75, 3.05) is 0 Å². The molecule has 0 aromatic heterocycles. The van der Waals surface area contributed by atoms with Gasteiger partial charge >= 0.3 is 0 Å². The number of allylic oxidation sites excluding steroid dienone is 1. The van der Waals surface area contributed by atoms with E-state index < -0.39 is 11.9 Å². The Kier molecular flexibility index (Phi) is 3.67. The van der Waals surface area contributed by atoms with E-state index in [0.29, 0.717) is 5.56 Å². The second kappa shape index (κ2) is 4.58. The second-order valence-corrected chi connectivity index (χ2v) is 3.82. The molecule has 1 nitrogen and oxygen atoms in total. The van der Waals surface area contributed by atoms with Gasteiger partial charge in [0.15, 0.2) is 0 Å². The number of hydrogen-bond acceptors (Lipinski definition) is 1. The zero-order chi connectivity index (χ0) is 10.7. The smallest absolute Gasteiger partial charge is 0.146 e. The molecule has 14 heavy (non-hydrogen) atoms. The van der Waals surface area contributed by atoms with Gasteiger partial charge in [-0.25, -0.2) is 4.39 Å². The third-order valence-corrected chi connectivity index (χ3v) is 2.15. The summed E-state index contributed by atoms with van der Waals surface area (Å²) >= 11 is 5.64. The van der Waals surface area contributed by atoms with E-state index in [-0.39, 0.29) is 5.02 Å². The summed E-state index contributed by atoms with van der Waals surface area (Å²) in [5.74, 6) is -0.431. The van der Waals surface area contributed by atoms with Crippen molar-refractivity contribution < 1.29 is 4.39 Å². The maximum absolute atomic E-state index is 13.5. The summed E-state index contributed by atoms with van der Waals surface area (Å²) in [5.41, 5.74) is 7.27. The molecule has 2 N–H and O–H groups in total. The van der Waals surface area contributed by atoms with Crippen LogP contribution in [0, 0.1) is 5.82 Å². The minimum absolute atomic E-state index is 0.111. The normalized spacial score (nSPS) is 12.4. The van der Waals surface area contributed by atoms with Crippen LogP contribution in [-0.4, -0.2) is 0 Å². The highest BCUT2D eigenvalue weighted by Gasteiger charge is 2.11. The van der Waals surface area contributed by atoms with Crippen molar-refractivity contribution in [2.24, 2.45) is 5.73 Å². The van der Waals surface area contributed by atoms with Crippen LogP contribution >= 0.6 is 11.6 Å². The highest BCUT2D eigenvalue weighted by Crippen LogP contribution is 2.23. The summed E-state index contributed by atoms with van der Waals surface area (Å²) in [5, 5.41) is 0.111. The van der Waals surface area contributed by atoms with E-state index in [1.165, 1.54) is 6.07 Å². The molecule has 0 fully saturated rings. The molecule has 0 bridgehead atoms. The Morgan fingerprint density at radius 1 is 1.50 bits per heavy atom. The standard InChI is InChI=1S/C11H13ClFN/c1-7(2)6-10(14)8-4-3-5-9(12)11(8)13/h3-6,10H,14H2,1-2H3. The molecule has 0 saturated carbocycles. The van der Waals surface area contributed by atoms with Gasteiger partial charge in [-0.05, 0) is 19.9 Å². The Balaban J connectivity index is 3.07. The van der Waals surface area contributed by atoms with E-state index in [9.17, 15) is 4.39 Å². The Morgan fingerprint density at radius 2 is 2.14 bits per heavy atom. The zero-order valence-corrected chi connectivity index (χ0v) is 8.98. The average Bonchev–Trinajstić information content (AvgIpc) is 2.08. The second-order valence-electron chi connectivity index (χ2n) is 3.41. The van der Waals surface area contributed by atoms with Gasteiger partial charge in [-0.1, -0.05) is 35.4 Å². The Labute approximate surface area is 88.4 Å². The molecule has 0 spiro atoms. The lowest BCUT2D eigenvalue weighted by molar-refractivity contribution is 0.602. The van der Waals surface area contributed by atoms with Gasteiger partial charge in [0.2, 0.25) is 0 Å². The molecular weight excluding hydrogens is 201 g/mol. The summed E-state index contributed by atoms with van der Waals surface area (Å²) in [6, 6.07) is 4.42. The fourth-order valence-corrected chi connectivity index (χ4v) is 1.41. The molecule has 0 heterocycles. The van der Waals surface area contributed by atoms with Gasteiger partial charge in [0.25, 0.3) is 0 Å². The van der Waals surface area contributed by atoms with Crippen molar-refractivity contribution in [1.82, 2.24) is 0 Å². The Hall–Kier alpha value is -0.860. The third kappa shape index (κ3) is 2.56. The van der Waals surface area contributed by atoms with Gasteiger partial charge in [-0.3, -0.25) is 0 Å². The number of nitrogens with two attached hydrogens (primary N) is 1. The highest BCUT2D eigenvalue weighted by atomic mass is 35.5. The summed E-state index contributed by atoms with van der Waals surface area (Å²) in [6.07, 6.45) is 1.80. The maximum atomic E-state index is 13.5. The first-order valence-corrected chi connectivity index (χ1v) is 4.74. The fourth-order valence-electron chi connectivity index (χ4n) is 1.23. The van der Waals surface area contributed by atoms with Crippen LogP contribution in [0.5, 0.6) is 0 Å². The molecule has 1 atom stereocenters. The van der Waals surface area contributed by atoms with Crippen LogP contribution in [0.4, 0.5) is 4.39 Å². The lowest BCUT2D eigenvalue weighted by Gasteiger charge is -2.09. The molecule has 0 radical (unpaired) electrons. The van der Waals surface area contributed by atoms with E-state index in [1.54, 1.807) is 18.2 Å². The summed E-state index contributed by atoms with van der Waals surface area (Å²) in [6.45, 7) is 3.84. The van der Waals surface area contributed by atoms with Crippen LogP contribution in [0.15, 0.2) is 29.8 Å². The number of benzene rings is 1. The number of halogens is 2. The molecule has 1 unspecified atom stereocenters. The van der Waals surface area contributed by atoms with Gasteiger partial charge < -0.3 is 5.73 Å². The minimum Gasteiger partial charge on any atom is -0.321 e. The van der Waals surface area contributed by atoms with Crippen LogP contribution in [0.2, 0.25) is 5.02 Å². The van der Waals surface area contributed by atoms with Crippen molar-refractivity contribution in [2.45, 2.75) is 19.9 Å². The topological polar surface area (TPSA) is 26.0 Å². The van der Waals surface area contributed by atoms with E-state index in [0.717, 1.165) is 5.57 Å². The van der Waals surface area contributed by atoms with Crippen LogP contribution in [0.25, 0.3) is 0 Å². The molecule has 0 saturated heterocycles. The monoisotopic (exact) mass is 213 g/mol. The van der Waals surface area contributed by atoms with Gasteiger partial charge in [0, 0.05) is 5.56 Å². The van der Waals surface area contributed by atoms with Crippen LogP contribution in [-0.2, 0) is 0 Å². The summed E-state index contributed by atoms with van der Waals surface area (Å²) in [7, 11) is 0. The molecule has 76 valence electrons. The summed E-state index contributed by atoms with van der Waals surface area (Å²) in [4.78, 5) is 0. The molecule has 1 aromatic rings. The molecule has 0 aliphatic carbocycles. The quantitative estimate of drug-likeness (QED) is 0.749. The van der Waals surface area contributed by atoms with Crippen molar-refractivity contribution >= 4 is 11.6 Å². The van der Waals surface area contributed by atoms with Gasteiger partial charge in [0.1, 0.15) is 5.82 Å². The van der Waals surface area contributed by atoms with E-state index >= 15 is 0 Å². The SMILES string of the molecule is CC(C)=CC(N)c1cccc(Cl)c1F. The van der Waals surface area contributed by atoms with Crippen molar-refractivity contribution in [3.8, 4) is 0 Å². The molecule has 1 aromatic carbocycles. The lowest BCUT2D eigenvalue weighted by Crippen LogP contribution is -2.09. The molecule has 0 aliphatic rings. The molecule has 0 aliphatic heterocycles. The molecule has 0 amide bonds. The van der Waals surface area contributed by atoms with Crippen molar-refractivity contribution in [3.63, 3.8) is 0 Å². The predicted octanol–water partition coefficient (Wildman–Crippen LogP) is 3.45.